The van der Waals surface area contributed by atoms with Crippen molar-refractivity contribution in [3.8, 4) is 6.07 Å². The molecule has 2 aromatic carbocycles. The van der Waals surface area contributed by atoms with E-state index in [1.807, 2.05) is 6.07 Å². The maximum absolute atomic E-state index is 13.5. The minimum atomic E-state index is -0.867. The SMILES string of the molecule is CN(CC(=O)c1c(F)cccc1F)c1ccc(C#N)cc1. The predicted octanol–water partition coefficient (Wildman–Crippen LogP) is 3.16. The second-order valence-corrected chi connectivity index (χ2v) is 4.53. The number of hydrogen-bond donors (Lipinski definition) is 0. The lowest BCUT2D eigenvalue weighted by molar-refractivity contribution is 0.0992. The molecule has 0 aliphatic heterocycles. The van der Waals surface area contributed by atoms with Crippen LogP contribution in [0.25, 0.3) is 0 Å². The normalized spacial score (nSPS) is 10.0. The molecule has 0 aliphatic carbocycles. The summed E-state index contributed by atoms with van der Waals surface area (Å²) in [7, 11) is 1.64. The van der Waals surface area contributed by atoms with Crippen molar-refractivity contribution in [2.45, 2.75) is 0 Å². The fourth-order valence-corrected chi connectivity index (χ4v) is 1.94. The summed E-state index contributed by atoms with van der Waals surface area (Å²) in [5, 5.41) is 8.72. The minimum absolute atomic E-state index is 0.163. The highest BCUT2D eigenvalue weighted by atomic mass is 19.1. The number of carbonyl (C=O) groups is 1. The average Bonchev–Trinajstić information content (AvgIpc) is 2.47. The van der Waals surface area contributed by atoms with Crippen molar-refractivity contribution >= 4 is 11.5 Å². The van der Waals surface area contributed by atoms with Gasteiger partial charge in [0.05, 0.1) is 23.7 Å². The number of rotatable bonds is 4. The molecule has 0 saturated heterocycles. The summed E-state index contributed by atoms with van der Waals surface area (Å²) < 4.78 is 27.1. The van der Waals surface area contributed by atoms with Crippen LogP contribution in [0, 0.1) is 23.0 Å². The number of benzene rings is 2. The molecule has 0 bridgehead atoms. The number of nitriles is 1. The molecule has 0 radical (unpaired) electrons. The molecule has 0 amide bonds. The first-order valence-electron chi connectivity index (χ1n) is 6.21. The van der Waals surface area contributed by atoms with Gasteiger partial charge in [0.1, 0.15) is 11.6 Å². The molecule has 21 heavy (non-hydrogen) atoms. The number of halogens is 2. The Morgan fingerprint density at radius 1 is 1.14 bits per heavy atom. The van der Waals surface area contributed by atoms with Gasteiger partial charge in [-0.25, -0.2) is 8.78 Å². The van der Waals surface area contributed by atoms with Gasteiger partial charge in [-0.2, -0.15) is 5.26 Å². The van der Waals surface area contributed by atoms with E-state index in [1.54, 1.807) is 36.2 Å². The Labute approximate surface area is 121 Å². The van der Waals surface area contributed by atoms with Crippen LogP contribution in [0.1, 0.15) is 15.9 Å². The zero-order valence-corrected chi connectivity index (χ0v) is 11.3. The van der Waals surface area contributed by atoms with Gasteiger partial charge in [0, 0.05) is 12.7 Å². The zero-order chi connectivity index (χ0) is 15.4. The largest absolute Gasteiger partial charge is 0.367 e. The van der Waals surface area contributed by atoms with Crippen LogP contribution in [-0.4, -0.2) is 19.4 Å². The molecular weight excluding hydrogens is 274 g/mol. The summed E-state index contributed by atoms with van der Waals surface area (Å²) >= 11 is 0. The van der Waals surface area contributed by atoms with Gasteiger partial charge in [-0.1, -0.05) is 6.07 Å². The molecule has 0 N–H and O–H groups in total. The highest BCUT2D eigenvalue weighted by molar-refractivity contribution is 5.99. The summed E-state index contributed by atoms with van der Waals surface area (Å²) in [5.74, 6) is -2.38. The number of ketones is 1. The van der Waals surface area contributed by atoms with Crippen LogP contribution in [0.3, 0.4) is 0 Å². The Morgan fingerprint density at radius 2 is 1.71 bits per heavy atom. The summed E-state index contributed by atoms with van der Waals surface area (Å²) in [5.41, 5.74) is 0.649. The Hall–Kier alpha value is -2.74. The van der Waals surface area contributed by atoms with Crippen LogP contribution < -0.4 is 4.90 Å². The van der Waals surface area contributed by atoms with Crippen LogP contribution >= 0.6 is 0 Å². The van der Waals surface area contributed by atoms with Crippen LogP contribution in [-0.2, 0) is 0 Å². The second kappa shape index (κ2) is 6.14. The number of nitrogens with zero attached hydrogens (tertiary/aromatic N) is 2. The maximum Gasteiger partial charge on any atom is 0.187 e. The Balaban J connectivity index is 2.17. The zero-order valence-electron chi connectivity index (χ0n) is 11.3. The molecule has 3 nitrogen and oxygen atoms in total. The van der Waals surface area contributed by atoms with Crippen molar-refractivity contribution in [1.82, 2.24) is 0 Å². The predicted molar refractivity (Wildman–Crippen MR) is 75.1 cm³/mol. The number of anilines is 1. The topological polar surface area (TPSA) is 44.1 Å². The van der Waals surface area contributed by atoms with Gasteiger partial charge < -0.3 is 4.90 Å². The average molecular weight is 286 g/mol. The van der Waals surface area contributed by atoms with E-state index in [-0.39, 0.29) is 6.54 Å². The standard InChI is InChI=1S/C16H12F2N2O/c1-20(12-7-5-11(9-19)6-8-12)10-15(21)16-13(17)3-2-4-14(16)18/h2-8H,10H2,1H3. The quantitative estimate of drug-likeness (QED) is 0.811. The molecule has 106 valence electrons. The van der Waals surface area contributed by atoms with E-state index in [2.05, 4.69) is 0 Å². The molecule has 0 fully saturated rings. The summed E-state index contributed by atoms with van der Waals surface area (Å²) in [6, 6.07) is 11.9. The van der Waals surface area contributed by atoms with Crippen molar-refractivity contribution in [2.75, 3.05) is 18.5 Å². The molecule has 2 aromatic rings. The van der Waals surface area contributed by atoms with E-state index in [0.29, 0.717) is 11.3 Å². The van der Waals surface area contributed by atoms with Gasteiger partial charge in [0.2, 0.25) is 0 Å². The van der Waals surface area contributed by atoms with E-state index in [0.717, 1.165) is 12.1 Å². The van der Waals surface area contributed by atoms with Crippen molar-refractivity contribution in [1.29, 1.82) is 5.26 Å². The van der Waals surface area contributed by atoms with Crippen molar-refractivity contribution in [3.05, 3.63) is 65.2 Å². The first-order chi connectivity index (χ1) is 10.0. The van der Waals surface area contributed by atoms with E-state index >= 15 is 0 Å². The molecule has 0 saturated carbocycles. The van der Waals surface area contributed by atoms with Crippen LogP contribution in [0.5, 0.6) is 0 Å². The Bertz CT molecular complexity index is 685. The van der Waals surface area contributed by atoms with Gasteiger partial charge >= 0.3 is 0 Å². The Kier molecular flexibility index (Phi) is 4.29. The lowest BCUT2D eigenvalue weighted by Gasteiger charge is -2.18. The molecule has 0 spiro atoms. The van der Waals surface area contributed by atoms with Gasteiger partial charge in [0.25, 0.3) is 0 Å². The third-order valence-corrected chi connectivity index (χ3v) is 3.06. The summed E-state index contributed by atoms with van der Waals surface area (Å²) in [4.78, 5) is 13.6. The molecular formula is C16H12F2N2O. The van der Waals surface area contributed by atoms with Gasteiger partial charge in [0.15, 0.2) is 5.78 Å². The number of Topliss-reactive ketones (excluding diaryl/α,β-unsaturated/α-hetero) is 1. The van der Waals surface area contributed by atoms with E-state index < -0.39 is 23.0 Å². The Morgan fingerprint density at radius 3 is 2.24 bits per heavy atom. The number of likely N-dealkylation sites (N-methyl/N-ethyl adjacent to an activating group) is 1. The molecule has 0 unspecified atom stereocenters. The van der Waals surface area contributed by atoms with E-state index in [9.17, 15) is 13.6 Å². The highest BCUT2D eigenvalue weighted by Gasteiger charge is 2.18. The first kappa shape index (κ1) is 14.7. The van der Waals surface area contributed by atoms with Gasteiger partial charge in [-0.3, -0.25) is 4.79 Å². The van der Waals surface area contributed by atoms with Crippen LogP contribution in [0.2, 0.25) is 0 Å². The molecule has 2 rings (SSSR count). The summed E-state index contributed by atoms with van der Waals surface area (Å²) in [6.45, 7) is -0.163. The second-order valence-electron chi connectivity index (χ2n) is 4.53. The van der Waals surface area contributed by atoms with Crippen molar-refractivity contribution < 1.29 is 13.6 Å². The lowest BCUT2D eigenvalue weighted by Crippen LogP contribution is -2.26. The third kappa shape index (κ3) is 3.23. The smallest absolute Gasteiger partial charge is 0.187 e. The molecule has 0 aliphatic rings. The fraction of sp³-hybridized carbons (Fsp3) is 0.125. The highest BCUT2D eigenvalue weighted by Crippen LogP contribution is 2.17. The van der Waals surface area contributed by atoms with Crippen LogP contribution in [0.4, 0.5) is 14.5 Å². The monoisotopic (exact) mass is 286 g/mol. The molecule has 0 aromatic heterocycles. The van der Waals surface area contributed by atoms with E-state index in [4.69, 9.17) is 5.26 Å². The van der Waals surface area contributed by atoms with Crippen molar-refractivity contribution in [3.63, 3.8) is 0 Å². The van der Waals surface area contributed by atoms with Gasteiger partial charge in [-0.15, -0.1) is 0 Å². The first-order valence-corrected chi connectivity index (χ1v) is 6.21. The molecule has 0 heterocycles. The number of carbonyl (C=O) groups excluding carboxylic acids is 1. The molecule has 0 atom stereocenters. The van der Waals surface area contributed by atoms with Gasteiger partial charge in [-0.05, 0) is 36.4 Å². The maximum atomic E-state index is 13.5. The minimum Gasteiger partial charge on any atom is -0.367 e. The number of hydrogen-bond acceptors (Lipinski definition) is 3. The molecule has 5 heteroatoms. The fourth-order valence-electron chi connectivity index (χ4n) is 1.94. The van der Waals surface area contributed by atoms with Crippen molar-refractivity contribution in [2.24, 2.45) is 0 Å². The van der Waals surface area contributed by atoms with E-state index in [1.165, 1.54) is 6.07 Å². The third-order valence-electron chi connectivity index (χ3n) is 3.06. The van der Waals surface area contributed by atoms with Crippen LogP contribution in [0.15, 0.2) is 42.5 Å². The summed E-state index contributed by atoms with van der Waals surface area (Å²) in [6.07, 6.45) is 0. The lowest BCUT2D eigenvalue weighted by atomic mass is 10.1.